The van der Waals surface area contributed by atoms with Crippen LogP contribution in [-0.4, -0.2) is 33.5 Å². The Morgan fingerprint density at radius 2 is 1.93 bits per heavy atom. The van der Waals surface area contributed by atoms with Gasteiger partial charge in [0.25, 0.3) is 5.69 Å². The first kappa shape index (κ1) is 20.1. The summed E-state index contributed by atoms with van der Waals surface area (Å²) >= 11 is 0. The second kappa shape index (κ2) is 8.15. The van der Waals surface area contributed by atoms with E-state index in [-0.39, 0.29) is 10.6 Å². The molecule has 2 N–H and O–H groups in total. The molecule has 0 saturated carbocycles. The summed E-state index contributed by atoms with van der Waals surface area (Å²) < 4.78 is 28.6. The van der Waals surface area contributed by atoms with Crippen LogP contribution in [0.3, 0.4) is 0 Å². The highest BCUT2D eigenvalue weighted by Crippen LogP contribution is 2.30. The maximum absolute atomic E-state index is 11.7. The fourth-order valence-corrected chi connectivity index (χ4v) is 4.12. The highest BCUT2D eigenvalue weighted by Gasteiger charge is 2.23. The standard InChI is InChI=1S/C19H23N3O5S/c1-27-18-4-2-3-15(10-18)9-14-5-7-21(8-6-14)16-11-17(22(23)24)13-19(12-16)28(20,25)26/h2-4,10-14H,5-9H2,1H3,(H2,20,25,26). The lowest BCUT2D eigenvalue weighted by molar-refractivity contribution is -0.385. The number of nitrogens with zero attached hydrogens (tertiary/aromatic N) is 2. The summed E-state index contributed by atoms with van der Waals surface area (Å²) in [6.45, 7) is 1.39. The third kappa shape index (κ3) is 4.79. The molecule has 150 valence electrons. The zero-order valence-corrected chi connectivity index (χ0v) is 16.4. The van der Waals surface area contributed by atoms with Crippen LogP contribution in [0.4, 0.5) is 11.4 Å². The van der Waals surface area contributed by atoms with Crippen LogP contribution in [0.1, 0.15) is 18.4 Å². The van der Waals surface area contributed by atoms with E-state index in [0.717, 1.165) is 31.1 Å². The Hall–Kier alpha value is -2.65. The number of nitro groups is 1. The fourth-order valence-electron chi connectivity index (χ4n) is 3.55. The zero-order valence-electron chi connectivity index (χ0n) is 15.6. The van der Waals surface area contributed by atoms with E-state index in [9.17, 15) is 18.5 Å². The molecule has 1 aliphatic rings. The van der Waals surface area contributed by atoms with Crippen molar-refractivity contribution in [2.75, 3.05) is 25.1 Å². The number of hydrogen-bond acceptors (Lipinski definition) is 6. The number of piperidine rings is 1. The molecule has 8 nitrogen and oxygen atoms in total. The number of methoxy groups -OCH3 is 1. The summed E-state index contributed by atoms with van der Waals surface area (Å²) in [5.74, 6) is 1.32. The molecule has 0 spiro atoms. The van der Waals surface area contributed by atoms with Crippen LogP contribution in [0.2, 0.25) is 0 Å². The molecule has 28 heavy (non-hydrogen) atoms. The number of primary sulfonamides is 1. The molecule has 0 amide bonds. The van der Waals surface area contributed by atoms with E-state index in [1.807, 2.05) is 23.1 Å². The lowest BCUT2D eigenvalue weighted by atomic mass is 9.90. The van der Waals surface area contributed by atoms with Crippen LogP contribution < -0.4 is 14.8 Å². The summed E-state index contributed by atoms with van der Waals surface area (Å²) in [5, 5.41) is 16.3. The topological polar surface area (TPSA) is 116 Å². The highest BCUT2D eigenvalue weighted by molar-refractivity contribution is 7.89. The van der Waals surface area contributed by atoms with E-state index in [0.29, 0.717) is 24.7 Å². The van der Waals surface area contributed by atoms with Crippen molar-refractivity contribution < 1.29 is 18.1 Å². The number of sulfonamides is 1. The summed E-state index contributed by atoms with van der Waals surface area (Å²) in [6, 6.07) is 11.8. The third-order valence-corrected chi connectivity index (χ3v) is 5.95. The molecule has 9 heteroatoms. The van der Waals surface area contributed by atoms with Crippen molar-refractivity contribution in [3.8, 4) is 5.75 Å². The quantitative estimate of drug-likeness (QED) is 0.583. The van der Waals surface area contributed by atoms with Gasteiger partial charge in [0.05, 0.1) is 16.9 Å². The van der Waals surface area contributed by atoms with E-state index in [2.05, 4.69) is 6.07 Å². The Morgan fingerprint density at radius 3 is 2.54 bits per heavy atom. The largest absolute Gasteiger partial charge is 0.497 e. The van der Waals surface area contributed by atoms with Crippen molar-refractivity contribution in [3.63, 3.8) is 0 Å². The van der Waals surface area contributed by atoms with Crippen LogP contribution in [0.5, 0.6) is 5.75 Å². The number of nitro benzene ring substituents is 1. The molecule has 1 heterocycles. The van der Waals surface area contributed by atoms with Crippen molar-refractivity contribution in [2.24, 2.45) is 11.1 Å². The number of ether oxygens (including phenoxy) is 1. The summed E-state index contributed by atoms with van der Waals surface area (Å²) in [7, 11) is -2.38. The maximum atomic E-state index is 11.7. The Kier molecular flexibility index (Phi) is 5.85. The Morgan fingerprint density at radius 1 is 1.21 bits per heavy atom. The summed E-state index contributed by atoms with van der Waals surface area (Å²) in [6.07, 6.45) is 2.75. The van der Waals surface area contributed by atoms with E-state index in [1.165, 1.54) is 17.7 Å². The smallest absolute Gasteiger partial charge is 0.272 e. The average molecular weight is 405 g/mol. The fraction of sp³-hybridized carbons (Fsp3) is 0.368. The predicted molar refractivity (Wildman–Crippen MR) is 106 cm³/mol. The highest BCUT2D eigenvalue weighted by atomic mass is 32.2. The minimum absolute atomic E-state index is 0.241. The van der Waals surface area contributed by atoms with Crippen LogP contribution >= 0.6 is 0 Å². The molecule has 0 aromatic heterocycles. The molecule has 0 aliphatic carbocycles. The second-order valence-electron chi connectivity index (χ2n) is 6.97. The predicted octanol–water partition coefficient (Wildman–Crippen LogP) is 2.71. The Bertz CT molecular complexity index is 969. The normalized spacial score (nSPS) is 15.4. The van der Waals surface area contributed by atoms with Gasteiger partial charge in [-0.3, -0.25) is 10.1 Å². The van der Waals surface area contributed by atoms with E-state index in [1.54, 1.807) is 7.11 Å². The van der Waals surface area contributed by atoms with Gasteiger partial charge in [-0.05, 0) is 48.9 Å². The third-order valence-electron chi connectivity index (χ3n) is 5.05. The number of anilines is 1. The molecule has 1 aliphatic heterocycles. The zero-order chi connectivity index (χ0) is 20.3. The summed E-state index contributed by atoms with van der Waals surface area (Å²) in [4.78, 5) is 12.3. The molecule has 0 atom stereocenters. The van der Waals surface area contributed by atoms with E-state index >= 15 is 0 Å². The molecular weight excluding hydrogens is 382 g/mol. The Labute approximate surface area is 164 Å². The lowest BCUT2D eigenvalue weighted by Gasteiger charge is -2.33. The Balaban J connectivity index is 1.72. The molecule has 0 radical (unpaired) electrons. The van der Waals surface area contributed by atoms with E-state index in [4.69, 9.17) is 9.88 Å². The van der Waals surface area contributed by atoms with Gasteiger partial charge in [-0.25, -0.2) is 13.6 Å². The first-order valence-electron chi connectivity index (χ1n) is 8.96. The van der Waals surface area contributed by atoms with Gasteiger partial charge in [0.1, 0.15) is 5.75 Å². The van der Waals surface area contributed by atoms with Crippen molar-refractivity contribution in [1.29, 1.82) is 0 Å². The van der Waals surface area contributed by atoms with Crippen molar-refractivity contribution in [1.82, 2.24) is 0 Å². The van der Waals surface area contributed by atoms with Gasteiger partial charge in [0.2, 0.25) is 10.0 Å². The van der Waals surface area contributed by atoms with Crippen LogP contribution in [0.15, 0.2) is 47.4 Å². The minimum atomic E-state index is -4.02. The van der Waals surface area contributed by atoms with Gasteiger partial charge in [0, 0.05) is 30.9 Å². The minimum Gasteiger partial charge on any atom is -0.497 e. The monoisotopic (exact) mass is 405 g/mol. The first-order chi connectivity index (χ1) is 13.3. The average Bonchev–Trinajstić information content (AvgIpc) is 2.67. The van der Waals surface area contributed by atoms with Gasteiger partial charge >= 0.3 is 0 Å². The van der Waals surface area contributed by atoms with Crippen LogP contribution in [0.25, 0.3) is 0 Å². The number of hydrogen-bond donors (Lipinski definition) is 1. The second-order valence-corrected chi connectivity index (χ2v) is 8.53. The van der Waals surface area contributed by atoms with E-state index < -0.39 is 14.9 Å². The lowest BCUT2D eigenvalue weighted by Crippen LogP contribution is -2.34. The molecule has 2 aromatic rings. The van der Waals surface area contributed by atoms with Crippen LogP contribution in [-0.2, 0) is 16.4 Å². The summed E-state index contributed by atoms with van der Waals surface area (Å²) in [5.41, 5.74) is 1.45. The van der Waals surface area contributed by atoms with Gasteiger partial charge in [-0.15, -0.1) is 0 Å². The first-order valence-corrected chi connectivity index (χ1v) is 10.5. The number of nitrogens with two attached hydrogens (primary N) is 1. The van der Waals surface area contributed by atoms with Crippen molar-refractivity contribution in [2.45, 2.75) is 24.2 Å². The molecular formula is C19H23N3O5S. The molecule has 0 bridgehead atoms. The van der Waals surface area contributed by atoms with Gasteiger partial charge in [-0.2, -0.15) is 0 Å². The van der Waals surface area contributed by atoms with Gasteiger partial charge in [0.15, 0.2) is 0 Å². The number of benzene rings is 2. The molecule has 1 fully saturated rings. The molecule has 0 unspecified atom stereocenters. The maximum Gasteiger partial charge on any atom is 0.272 e. The molecule has 1 saturated heterocycles. The van der Waals surface area contributed by atoms with Crippen molar-refractivity contribution >= 4 is 21.4 Å². The van der Waals surface area contributed by atoms with Crippen LogP contribution in [0, 0.1) is 16.0 Å². The number of rotatable bonds is 6. The van der Waals surface area contributed by atoms with Gasteiger partial charge < -0.3 is 9.64 Å². The molecule has 2 aromatic carbocycles. The molecule has 3 rings (SSSR count). The van der Waals surface area contributed by atoms with Gasteiger partial charge in [-0.1, -0.05) is 12.1 Å². The number of non-ortho nitro benzene ring substituents is 1. The van der Waals surface area contributed by atoms with Crippen molar-refractivity contribution in [3.05, 3.63) is 58.1 Å². The SMILES string of the molecule is COc1cccc(CC2CCN(c3cc([N+](=O)[O-])cc(S(N)(=O)=O)c3)CC2)c1.